The summed E-state index contributed by atoms with van der Waals surface area (Å²) in [7, 11) is -3.55. The molecule has 7 heteroatoms. The first kappa shape index (κ1) is 11.6. The Hall–Kier alpha value is -1.89. The number of aliphatic carboxylic acids is 1. The largest absolute Gasteiger partial charge is 0.480 e. The monoisotopic (exact) mass is 254 g/mol. The highest BCUT2D eigenvalue weighted by molar-refractivity contribution is 7.90. The van der Waals surface area contributed by atoms with Gasteiger partial charge < -0.3 is 9.67 Å². The molecule has 1 aromatic heterocycles. The van der Waals surface area contributed by atoms with Gasteiger partial charge in [0, 0.05) is 6.26 Å². The van der Waals surface area contributed by atoms with Crippen LogP contribution in [0.3, 0.4) is 0 Å². The zero-order valence-electron chi connectivity index (χ0n) is 8.99. The van der Waals surface area contributed by atoms with E-state index in [1.54, 1.807) is 24.3 Å². The van der Waals surface area contributed by atoms with Crippen LogP contribution in [0.1, 0.15) is 0 Å². The van der Waals surface area contributed by atoms with Crippen molar-refractivity contribution in [3.05, 3.63) is 24.3 Å². The molecule has 1 heterocycles. The van der Waals surface area contributed by atoms with Crippen LogP contribution in [0.2, 0.25) is 0 Å². The Bertz CT molecular complexity index is 687. The minimum absolute atomic E-state index is 0.221. The lowest BCUT2D eigenvalue weighted by Crippen LogP contribution is -2.14. The van der Waals surface area contributed by atoms with Gasteiger partial charge in [0.05, 0.1) is 11.0 Å². The molecule has 2 aromatic rings. The quantitative estimate of drug-likeness (QED) is 0.862. The second kappa shape index (κ2) is 3.85. The Morgan fingerprint density at radius 1 is 1.41 bits per heavy atom. The summed E-state index contributed by atoms with van der Waals surface area (Å²) < 4.78 is 24.2. The van der Waals surface area contributed by atoms with Crippen molar-refractivity contribution in [2.24, 2.45) is 0 Å². The second-order valence-electron chi connectivity index (χ2n) is 3.64. The van der Waals surface area contributed by atoms with Crippen molar-refractivity contribution in [2.75, 3.05) is 6.26 Å². The van der Waals surface area contributed by atoms with Gasteiger partial charge in [0.25, 0.3) is 0 Å². The van der Waals surface area contributed by atoms with Gasteiger partial charge in [0.1, 0.15) is 6.54 Å². The fraction of sp³-hybridized carbons (Fsp3) is 0.200. The van der Waals surface area contributed by atoms with Crippen LogP contribution in [0.25, 0.3) is 11.0 Å². The minimum atomic E-state index is -3.55. The molecule has 0 aliphatic rings. The van der Waals surface area contributed by atoms with Gasteiger partial charge in [0.2, 0.25) is 15.0 Å². The third kappa shape index (κ3) is 2.14. The Morgan fingerprint density at radius 2 is 2.06 bits per heavy atom. The number of rotatable bonds is 3. The predicted octanol–water partition coefficient (Wildman–Crippen LogP) is 0.524. The van der Waals surface area contributed by atoms with Crippen molar-refractivity contribution in [3.63, 3.8) is 0 Å². The van der Waals surface area contributed by atoms with Crippen molar-refractivity contribution >= 4 is 26.8 Å². The minimum Gasteiger partial charge on any atom is -0.480 e. The van der Waals surface area contributed by atoms with E-state index in [9.17, 15) is 13.2 Å². The summed E-state index contributed by atoms with van der Waals surface area (Å²) >= 11 is 0. The van der Waals surface area contributed by atoms with E-state index in [-0.39, 0.29) is 5.16 Å². The van der Waals surface area contributed by atoms with E-state index in [0.717, 1.165) is 6.26 Å². The average molecular weight is 254 g/mol. The Morgan fingerprint density at radius 3 is 2.65 bits per heavy atom. The Kier molecular flexibility index (Phi) is 2.62. The van der Waals surface area contributed by atoms with Gasteiger partial charge in [-0.05, 0) is 12.1 Å². The van der Waals surface area contributed by atoms with Crippen LogP contribution in [0.4, 0.5) is 0 Å². The summed E-state index contributed by atoms with van der Waals surface area (Å²) in [6.45, 7) is -0.428. The van der Waals surface area contributed by atoms with Crippen LogP contribution < -0.4 is 0 Å². The molecule has 1 aromatic carbocycles. The number of carbonyl (C=O) groups is 1. The molecule has 0 atom stereocenters. The maximum Gasteiger partial charge on any atom is 0.323 e. The summed E-state index contributed by atoms with van der Waals surface area (Å²) in [4.78, 5) is 14.7. The highest BCUT2D eigenvalue weighted by Gasteiger charge is 2.20. The molecule has 0 aliphatic carbocycles. The molecule has 0 saturated heterocycles. The smallest absolute Gasteiger partial charge is 0.323 e. The van der Waals surface area contributed by atoms with Gasteiger partial charge in [-0.1, -0.05) is 12.1 Å². The van der Waals surface area contributed by atoms with Gasteiger partial charge in [-0.3, -0.25) is 4.79 Å². The Labute approximate surface area is 97.4 Å². The molecule has 6 nitrogen and oxygen atoms in total. The van der Waals surface area contributed by atoms with Crippen LogP contribution in [-0.2, 0) is 21.2 Å². The Balaban J connectivity index is 2.78. The van der Waals surface area contributed by atoms with Gasteiger partial charge in [-0.2, -0.15) is 0 Å². The molecular formula is C10H10N2O4S. The number of carboxylic acid groups (broad SMARTS) is 1. The van der Waals surface area contributed by atoms with Crippen molar-refractivity contribution in [1.82, 2.24) is 9.55 Å². The van der Waals surface area contributed by atoms with Crippen molar-refractivity contribution < 1.29 is 18.3 Å². The van der Waals surface area contributed by atoms with E-state index >= 15 is 0 Å². The molecule has 0 unspecified atom stereocenters. The molecule has 0 amide bonds. The number of hydrogen-bond donors (Lipinski definition) is 1. The molecular weight excluding hydrogens is 244 g/mol. The maximum absolute atomic E-state index is 11.5. The number of hydrogen-bond acceptors (Lipinski definition) is 4. The van der Waals surface area contributed by atoms with Crippen LogP contribution in [0.15, 0.2) is 29.4 Å². The predicted molar refractivity (Wildman–Crippen MR) is 60.5 cm³/mol. The standard InChI is InChI=1S/C10H10N2O4S/c1-17(15,16)10-11-7-4-2-3-5-8(7)12(10)6-9(13)14/h2-5H,6H2,1H3,(H,13,14). The van der Waals surface area contributed by atoms with Gasteiger partial charge in [-0.15, -0.1) is 0 Å². The van der Waals surface area contributed by atoms with E-state index in [2.05, 4.69) is 4.98 Å². The van der Waals surface area contributed by atoms with Gasteiger partial charge in [0.15, 0.2) is 0 Å². The third-order valence-corrected chi connectivity index (χ3v) is 3.22. The molecule has 17 heavy (non-hydrogen) atoms. The van der Waals surface area contributed by atoms with Crippen molar-refractivity contribution in [3.8, 4) is 0 Å². The van der Waals surface area contributed by atoms with Gasteiger partial charge >= 0.3 is 5.97 Å². The molecule has 0 aliphatic heterocycles. The number of fused-ring (bicyclic) bond motifs is 1. The molecule has 0 bridgehead atoms. The van der Waals surface area contributed by atoms with E-state index in [0.29, 0.717) is 11.0 Å². The number of nitrogens with zero attached hydrogens (tertiary/aromatic N) is 2. The summed E-state index contributed by atoms with van der Waals surface area (Å²) in [6, 6.07) is 6.70. The first-order valence-electron chi connectivity index (χ1n) is 4.76. The molecule has 2 rings (SSSR count). The highest BCUT2D eigenvalue weighted by Crippen LogP contribution is 2.19. The maximum atomic E-state index is 11.5. The number of para-hydroxylation sites is 2. The van der Waals surface area contributed by atoms with E-state index in [4.69, 9.17) is 5.11 Å². The number of sulfone groups is 1. The number of carboxylic acids is 1. The zero-order chi connectivity index (χ0) is 12.6. The van der Waals surface area contributed by atoms with E-state index in [1.165, 1.54) is 4.57 Å². The molecule has 0 saturated carbocycles. The normalized spacial score (nSPS) is 11.8. The van der Waals surface area contributed by atoms with Crippen LogP contribution in [-0.4, -0.2) is 35.3 Å². The summed E-state index contributed by atoms with van der Waals surface area (Å²) in [5, 5.41) is 8.57. The number of aromatic nitrogens is 2. The number of imidazole rings is 1. The zero-order valence-corrected chi connectivity index (χ0v) is 9.81. The van der Waals surface area contributed by atoms with Crippen LogP contribution >= 0.6 is 0 Å². The topological polar surface area (TPSA) is 89.3 Å². The lowest BCUT2D eigenvalue weighted by atomic mass is 10.3. The second-order valence-corrected chi connectivity index (χ2v) is 5.54. The average Bonchev–Trinajstić information content (AvgIpc) is 2.56. The van der Waals surface area contributed by atoms with E-state index < -0.39 is 22.4 Å². The fourth-order valence-electron chi connectivity index (χ4n) is 1.62. The van der Waals surface area contributed by atoms with Gasteiger partial charge in [-0.25, -0.2) is 13.4 Å². The first-order valence-corrected chi connectivity index (χ1v) is 6.66. The van der Waals surface area contributed by atoms with Crippen molar-refractivity contribution in [1.29, 1.82) is 0 Å². The number of benzene rings is 1. The molecule has 90 valence electrons. The molecule has 0 fully saturated rings. The lowest BCUT2D eigenvalue weighted by molar-refractivity contribution is -0.137. The third-order valence-electron chi connectivity index (χ3n) is 2.24. The SMILES string of the molecule is CS(=O)(=O)c1nc2ccccc2n1CC(=O)O. The summed E-state index contributed by atoms with van der Waals surface area (Å²) in [6.07, 6.45) is 1.01. The lowest BCUT2D eigenvalue weighted by Gasteiger charge is -2.03. The van der Waals surface area contributed by atoms with E-state index in [1.807, 2.05) is 0 Å². The highest BCUT2D eigenvalue weighted by atomic mass is 32.2. The summed E-state index contributed by atoms with van der Waals surface area (Å²) in [5.74, 6) is -1.11. The first-order chi connectivity index (χ1) is 7.89. The van der Waals surface area contributed by atoms with Crippen molar-refractivity contribution in [2.45, 2.75) is 11.7 Å². The molecule has 1 N–H and O–H groups in total. The summed E-state index contributed by atoms with van der Waals surface area (Å²) in [5.41, 5.74) is 0.963. The molecule has 0 spiro atoms. The van der Waals surface area contributed by atoms with Crippen LogP contribution in [0, 0.1) is 0 Å². The molecule has 0 radical (unpaired) electrons. The fourth-order valence-corrected chi connectivity index (χ4v) is 2.45. The van der Waals surface area contributed by atoms with Crippen LogP contribution in [0.5, 0.6) is 0 Å².